The van der Waals surface area contributed by atoms with E-state index in [0.717, 1.165) is 22.6 Å². The van der Waals surface area contributed by atoms with Crippen LogP contribution in [0.3, 0.4) is 0 Å². The number of fused-ring (bicyclic) bond motifs is 1. The molecular weight excluding hydrogens is 333 g/mol. The summed E-state index contributed by atoms with van der Waals surface area (Å²) in [5, 5.41) is 0.680. The molecule has 0 aromatic heterocycles. The zero-order valence-electron chi connectivity index (χ0n) is 13.4. The highest BCUT2D eigenvalue weighted by Gasteiger charge is 2.17. The van der Waals surface area contributed by atoms with Crippen molar-refractivity contribution in [2.45, 2.75) is 13.2 Å². The predicted molar refractivity (Wildman–Crippen MR) is 90.0 cm³/mol. The zero-order valence-corrected chi connectivity index (χ0v) is 14.2. The van der Waals surface area contributed by atoms with Gasteiger partial charge in [-0.05, 0) is 43.4 Å². The SMILES string of the molecule is CN(CCOc1ccc(Cl)cc1)Cc1cc(F)cc2c1OCOC2. The number of likely N-dealkylation sites (N-methyl/N-ethyl adjacent to an activating group) is 1. The van der Waals surface area contributed by atoms with Crippen LogP contribution < -0.4 is 9.47 Å². The van der Waals surface area contributed by atoms with Gasteiger partial charge in [0.25, 0.3) is 0 Å². The first-order valence-electron chi connectivity index (χ1n) is 7.70. The zero-order chi connectivity index (χ0) is 16.9. The van der Waals surface area contributed by atoms with Gasteiger partial charge in [-0.3, -0.25) is 4.90 Å². The maximum atomic E-state index is 13.7. The van der Waals surface area contributed by atoms with E-state index in [4.69, 9.17) is 25.8 Å². The van der Waals surface area contributed by atoms with Gasteiger partial charge < -0.3 is 14.2 Å². The number of benzene rings is 2. The van der Waals surface area contributed by atoms with Crippen LogP contribution in [0.5, 0.6) is 11.5 Å². The van der Waals surface area contributed by atoms with Crippen LogP contribution in [-0.4, -0.2) is 31.9 Å². The Labute approximate surface area is 145 Å². The first-order valence-corrected chi connectivity index (χ1v) is 8.08. The molecule has 0 unspecified atom stereocenters. The summed E-state index contributed by atoms with van der Waals surface area (Å²) in [5.41, 5.74) is 1.57. The van der Waals surface area contributed by atoms with E-state index in [0.29, 0.717) is 31.3 Å². The minimum atomic E-state index is -0.274. The van der Waals surface area contributed by atoms with E-state index in [-0.39, 0.29) is 12.6 Å². The summed E-state index contributed by atoms with van der Waals surface area (Å²) in [6, 6.07) is 10.2. The smallest absolute Gasteiger partial charge is 0.189 e. The largest absolute Gasteiger partial charge is 0.492 e. The van der Waals surface area contributed by atoms with Crippen molar-refractivity contribution in [3.63, 3.8) is 0 Å². The fourth-order valence-electron chi connectivity index (χ4n) is 2.59. The second-order valence-electron chi connectivity index (χ2n) is 5.70. The molecule has 1 heterocycles. The molecule has 0 atom stereocenters. The Kier molecular flexibility index (Phi) is 5.56. The van der Waals surface area contributed by atoms with Gasteiger partial charge >= 0.3 is 0 Å². The van der Waals surface area contributed by atoms with Gasteiger partial charge in [0, 0.05) is 29.2 Å². The van der Waals surface area contributed by atoms with Crippen molar-refractivity contribution >= 4 is 11.6 Å². The number of nitrogens with zero attached hydrogens (tertiary/aromatic N) is 1. The van der Waals surface area contributed by atoms with Gasteiger partial charge in [-0.1, -0.05) is 11.6 Å². The molecule has 0 radical (unpaired) electrons. The van der Waals surface area contributed by atoms with Gasteiger partial charge in [-0.15, -0.1) is 0 Å². The van der Waals surface area contributed by atoms with E-state index >= 15 is 0 Å². The second-order valence-corrected chi connectivity index (χ2v) is 6.14. The number of hydrogen-bond acceptors (Lipinski definition) is 4. The van der Waals surface area contributed by atoms with Crippen molar-refractivity contribution in [3.8, 4) is 11.5 Å². The summed E-state index contributed by atoms with van der Waals surface area (Å²) in [6.45, 7) is 2.38. The molecule has 0 fully saturated rings. The van der Waals surface area contributed by atoms with E-state index in [9.17, 15) is 4.39 Å². The van der Waals surface area contributed by atoms with Gasteiger partial charge in [-0.2, -0.15) is 0 Å². The van der Waals surface area contributed by atoms with Crippen molar-refractivity contribution in [3.05, 3.63) is 58.4 Å². The Morgan fingerprint density at radius 2 is 2.04 bits per heavy atom. The number of ether oxygens (including phenoxy) is 3. The topological polar surface area (TPSA) is 30.9 Å². The molecule has 0 N–H and O–H groups in total. The third-order valence-corrected chi connectivity index (χ3v) is 4.00. The summed E-state index contributed by atoms with van der Waals surface area (Å²) >= 11 is 5.84. The fraction of sp³-hybridized carbons (Fsp3) is 0.333. The summed E-state index contributed by atoms with van der Waals surface area (Å²) in [7, 11) is 1.96. The molecule has 0 bridgehead atoms. The third-order valence-electron chi connectivity index (χ3n) is 3.75. The van der Waals surface area contributed by atoms with Crippen molar-refractivity contribution < 1.29 is 18.6 Å². The summed E-state index contributed by atoms with van der Waals surface area (Å²) in [4.78, 5) is 2.06. The van der Waals surface area contributed by atoms with E-state index in [1.54, 1.807) is 12.1 Å². The molecule has 0 saturated heterocycles. The molecule has 6 heteroatoms. The average molecular weight is 352 g/mol. The summed E-state index contributed by atoms with van der Waals surface area (Å²) < 4.78 is 30.2. The third kappa shape index (κ3) is 4.38. The minimum Gasteiger partial charge on any atom is -0.492 e. The predicted octanol–water partition coefficient (Wildman–Crippen LogP) is 3.86. The molecule has 1 aliphatic heterocycles. The van der Waals surface area contributed by atoms with Crippen molar-refractivity contribution in [1.29, 1.82) is 0 Å². The Balaban J connectivity index is 1.56. The normalized spacial score (nSPS) is 13.5. The Bertz CT molecular complexity index is 693. The number of hydrogen-bond donors (Lipinski definition) is 0. The summed E-state index contributed by atoms with van der Waals surface area (Å²) in [6.07, 6.45) is 0. The molecule has 0 saturated carbocycles. The lowest BCUT2D eigenvalue weighted by atomic mass is 10.1. The highest BCUT2D eigenvalue weighted by Crippen LogP contribution is 2.30. The van der Waals surface area contributed by atoms with Crippen molar-refractivity contribution in [2.24, 2.45) is 0 Å². The van der Waals surface area contributed by atoms with Gasteiger partial charge in [0.15, 0.2) is 6.79 Å². The van der Waals surface area contributed by atoms with E-state index in [1.807, 2.05) is 19.2 Å². The number of rotatable bonds is 6. The maximum absolute atomic E-state index is 13.7. The molecule has 0 amide bonds. The van der Waals surface area contributed by atoms with E-state index in [1.165, 1.54) is 12.1 Å². The van der Waals surface area contributed by atoms with Crippen LogP contribution in [0.4, 0.5) is 4.39 Å². The van der Waals surface area contributed by atoms with Crippen LogP contribution in [0.15, 0.2) is 36.4 Å². The molecular formula is C18H19ClFNO3. The molecule has 0 spiro atoms. The first kappa shape index (κ1) is 17.0. The van der Waals surface area contributed by atoms with Crippen LogP contribution >= 0.6 is 11.6 Å². The van der Waals surface area contributed by atoms with E-state index in [2.05, 4.69) is 4.90 Å². The standard InChI is InChI=1S/C18H19ClFNO3/c1-21(6-7-23-17-4-2-15(19)3-5-17)10-13-8-16(20)9-14-11-22-12-24-18(13)14/h2-5,8-9H,6-7,10-12H2,1H3. The summed E-state index contributed by atoms with van der Waals surface area (Å²) in [5.74, 6) is 1.23. The highest BCUT2D eigenvalue weighted by molar-refractivity contribution is 6.30. The molecule has 2 aromatic carbocycles. The molecule has 4 nitrogen and oxygen atoms in total. The Morgan fingerprint density at radius 3 is 2.83 bits per heavy atom. The quantitative estimate of drug-likeness (QED) is 0.791. The molecule has 128 valence electrons. The second kappa shape index (κ2) is 7.83. The lowest BCUT2D eigenvalue weighted by Gasteiger charge is -2.23. The highest BCUT2D eigenvalue weighted by atomic mass is 35.5. The van der Waals surface area contributed by atoms with Crippen molar-refractivity contribution in [2.75, 3.05) is 27.0 Å². The fourth-order valence-corrected chi connectivity index (χ4v) is 2.72. The molecule has 24 heavy (non-hydrogen) atoms. The molecule has 2 aromatic rings. The first-order chi connectivity index (χ1) is 11.6. The van der Waals surface area contributed by atoms with Crippen LogP contribution in [-0.2, 0) is 17.9 Å². The minimum absolute atomic E-state index is 0.203. The van der Waals surface area contributed by atoms with Crippen LogP contribution in [0, 0.1) is 5.82 Å². The van der Waals surface area contributed by atoms with Gasteiger partial charge in [0.2, 0.25) is 0 Å². The lowest BCUT2D eigenvalue weighted by Crippen LogP contribution is -2.25. The average Bonchev–Trinajstić information content (AvgIpc) is 2.56. The van der Waals surface area contributed by atoms with Crippen molar-refractivity contribution in [1.82, 2.24) is 4.90 Å². The van der Waals surface area contributed by atoms with Crippen LogP contribution in [0.25, 0.3) is 0 Å². The molecule has 3 rings (SSSR count). The molecule has 0 aliphatic carbocycles. The van der Waals surface area contributed by atoms with Gasteiger partial charge in [0.05, 0.1) is 6.61 Å². The Hall–Kier alpha value is -1.82. The Morgan fingerprint density at radius 1 is 1.25 bits per heavy atom. The van der Waals surface area contributed by atoms with Gasteiger partial charge in [-0.25, -0.2) is 4.39 Å². The van der Waals surface area contributed by atoms with Gasteiger partial charge in [0.1, 0.15) is 23.9 Å². The maximum Gasteiger partial charge on any atom is 0.189 e. The number of halogens is 2. The molecule has 1 aliphatic rings. The van der Waals surface area contributed by atoms with Crippen LogP contribution in [0.1, 0.15) is 11.1 Å². The lowest BCUT2D eigenvalue weighted by molar-refractivity contribution is -0.0176. The van der Waals surface area contributed by atoms with Crippen LogP contribution in [0.2, 0.25) is 5.02 Å². The van der Waals surface area contributed by atoms with E-state index < -0.39 is 0 Å². The monoisotopic (exact) mass is 351 g/mol.